The predicted molar refractivity (Wildman–Crippen MR) is 205 cm³/mol. The molecule has 1 unspecified atom stereocenters. The normalized spacial score (nSPS) is 11.9. The number of hydrogen-bond acceptors (Lipinski definition) is 4. The van der Waals surface area contributed by atoms with Crippen LogP contribution in [0.4, 0.5) is 11.4 Å². The molecule has 3 N–H and O–H groups in total. The first-order valence-electron chi connectivity index (χ1n) is 16.4. The van der Waals surface area contributed by atoms with Crippen molar-refractivity contribution < 1.29 is 14.4 Å². The summed E-state index contributed by atoms with van der Waals surface area (Å²) in [5.41, 5.74) is 4.59. The van der Waals surface area contributed by atoms with E-state index in [-0.39, 0.29) is 11.6 Å². The molecule has 0 aliphatic heterocycles. The van der Waals surface area contributed by atoms with Gasteiger partial charge in [0.25, 0.3) is 11.8 Å². The zero-order valence-electron chi connectivity index (χ0n) is 27.8. The quantitative estimate of drug-likeness (QED) is 0.0943. The Morgan fingerprint density at radius 3 is 1.98 bits per heavy atom. The Hall–Kier alpha value is -5.92. The van der Waals surface area contributed by atoms with Gasteiger partial charge in [0.15, 0.2) is 0 Å². The number of nitrogens with one attached hydrogen (secondary N) is 3. The van der Waals surface area contributed by atoms with Crippen molar-refractivity contribution in [3.63, 3.8) is 0 Å². The molecule has 0 aliphatic carbocycles. The van der Waals surface area contributed by atoms with E-state index in [2.05, 4.69) is 29.8 Å². The third-order valence-corrected chi connectivity index (χ3v) is 9.39. The average Bonchev–Trinajstić information content (AvgIpc) is 3.14. The number of carbonyl (C=O) groups is 3. The number of anilines is 2. The van der Waals surface area contributed by atoms with Gasteiger partial charge in [-0.3, -0.25) is 14.4 Å². The smallest absolute Gasteiger partial charge is 0.272 e. The molecule has 0 saturated carbocycles. The molecule has 6 aromatic carbocycles. The van der Waals surface area contributed by atoms with Crippen LogP contribution in [0.1, 0.15) is 52.1 Å². The van der Waals surface area contributed by atoms with Crippen LogP contribution < -0.4 is 16.0 Å². The monoisotopic (exact) mass is 675 g/mol. The van der Waals surface area contributed by atoms with Gasteiger partial charge in [0, 0.05) is 21.8 Å². The van der Waals surface area contributed by atoms with E-state index < -0.39 is 17.1 Å². The van der Waals surface area contributed by atoms with Crippen LogP contribution in [0.2, 0.25) is 0 Å². The van der Waals surface area contributed by atoms with E-state index in [1.165, 1.54) is 17.3 Å². The maximum absolute atomic E-state index is 13.8. The van der Waals surface area contributed by atoms with E-state index in [1.54, 1.807) is 36.4 Å². The molecule has 0 aliphatic rings. The molecule has 50 heavy (non-hydrogen) atoms. The fraction of sp³-hybridized carbons (Fsp3) is 0.0930. The van der Waals surface area contributed by atoms with Crippen LogP contribution in [0.5, 0.6) is 0 Å². The second-order valence-corrected chi connectivity index (χ2v) is 13.3. The van der Waals surface area contributed by atoms with Gasteiger partial charge >= 0.3 is 0 Å². The molecule has 248 valence electrons. The standard InChI is InChI=1S/C43H37N3O3S/c1-29(2)31-22-20-30(21-23-31)26-39(46-41(47)34-15-7-4-8-16-34)42(48)44-36-18-11-19-38(28-36)50-40(33-13-5-3-6-14-33)43(49)45-37-25-24-32-12-9-10-17-35(32)27-37/h3-29,40H,1-2H3,(H,44,48)(H,45,49)(H,46,47)/b39-26+. The average molecular weight is 676 g/mol. The Balaban J connectivity index is 1.23. The van der Waals surface area contributed by atoms with Gasteiger partial charge in [-0.1, -0.05) is 123 Å². The summed E-state index contributed by atoms with van der Waals surface area (Å²) in [6.45, 7) is 4.24. The number of carbonyl (C=O) groups excluding carboxylic acids is 3. The fourth-order valence-electron chi connectivity index (χ4n) is 5.44. The van der Waals surface area contributed by atoms with E-state index in [4.69, 9.17) is 0 Å². The maximum Gasteiger partial charge on any atom is 0.272 e. The Morgan fingerprint density at radius 2 is 1.26 bits per heavy atom. The molecule has 0 aromatic heterocycles. The molecule has 7 heteroatoms. The van der Waals surface area contributed by atoms with Crippen LogP contribution in [0.3, 0.4) is 0 Å². The zero-order chi connectivity index (χ0) is 34.9. The number of benzene rings is 6. The molecule has 0 fully saturated rings. The molecular weight excluding hydrogens is 639 g/mol. The van der Waals surface area contributed by atoms with Gasteiger partial charge in [0.1, 0.15) is 10.9 Å². The lowest BCUT2D eigenvalue weighted by Gasteiger charge is -2.18. The summed E-state index contributed by atoms with van der Waals surface area (Å²) >= 11 is 1.39. The second-order valence-electron chi connectivity index (χ2n) is 12.1. The minimum absolute atomic E-state index is 0.103. The first kappa shape index (κ1) is 34.0. The Kier molecular flexibility index (Phi) is 10.9. The summed E-state index contributed by atoms with van der Waals surface area (Å²) in [5.74, 6) is -0.663. The van der Waals surface area contributed by atoms with E-state index in [0.29, 0.717) is 22.9 Å². The lowest BCUT2D eigenvalue weighted by atomic mass is 10.0. The molecule has 1 atom stereocenters. The van der Waals surface area contributed by atoms with Crippen LogP contribution in [0, 0.1) is 0 Å². The van der Waals surface area contributed by atoms with Crippen LogP contribution in [-0.2, 0) is 9.59 Å². The summed E-state index contributed by atoms with van der Waals surface area (Å²) in [6.07, 6.45) is 1.67. The number of thioether (sulfide) groups is 1. The Morgan fingerprint density at radius 1 is 0.600 bits per heavy atom. The molecular formula is C43H37N3O3S. The van der Waals surface area contributed by atoms with Crippen molar-refractivity contribution in [1.82, 2.24) is 5.32 Å². The zero-order valence-corrected chi connectivity index (χ0v) is 28.6. The molecule has 6 rings (SSSR count). The summed E-state index contributed by atoms with van der Waals surface area (Å²) in [4.78, 5) is 41.5. The maximum atomic E-state index is 13.8. The highest BCUT2D eigenvalue weighted by atomic mass is 32.2. The number of rotatable bonds is 11. The van der Waals surface area contributed by atoms with Crippen molar-refractivity contribution in [3.8, 4) is 0 Å². The summed E-state index contributed by atoms with van der Waals surface area (Å²) < 4.78 is 0. The highest BCUT2D eigenvalue weighted by molar-refractivity contribution is 8.00. The van der Waals surface area contributed by atoms with E-state index in [1.807, 2.05) is 121 Å². The van der Waals surface area contributed by atoms with Crippen LogP contribution >= 0.6 is 11.8 Å². The van der Waals surface area contributed by atoms with Gasteiger partial charge < -0.3 is 16.0 Å². The highest BCUT2D eigenvalue weighted by Gasteiger charge is 2.23. The summed E-state index contributed by atoms with van der Waals surface area (Å²) in [6, 6.07) is 47.5. The van der Waals surface area contributed by atoms with Crippen LogP contribution in [0.25, 0.3) is 16.8 Å². The molecule has 0 radical (unpaired) electrons. The lowest BCUT2D eigenvalue weighted by molar-refractivity contribution is -0.116. The van der Waals surface area contributed by atoms with Gasteiger partial charge in [-0.25, -0.2) is 0 Å². The third kappa shape index (κ3) is 8.75. The van der Waals surface area contributed by atoms with E-state index in [0.717, 1.165) is 26.8 Å². The molecule has 6 nitrogen and oxygen atoms in total. The SMILES string of the molecule is CC(C)c1ccc(/C=C(/NC(=O)c2ccccc2)C(=O)Nc2cccc(SC(C(=O)Nc3ccc4ccccc4c3)c3ccccc3)c2)cc1. The second kappa shape index (κ2) is 16.0. The van der Waals surface area contributed by atoms with Crippen molar-refractivity contribution in [2.24, 2.45) is 0 Å². The predicted octanol–water partition coefficient (Wildman–Crippen LogP) is 9.84. The topological polar surface area (TPSA) is 87.3 Å². The first-order chi connectivity index (χ1) is 24.3. The van der Waals surface area contributed by atoms with Gasteiger partial charge in [-0.2, -0.15) is 0 Å². The first-order valence-corrected chi connectivity index (χ1v) is 17.3. The van der Waals surface area contributed by atoms with Crippen LogP contribution in [-0.4, -0.2) is 17.7 Å². The van der Waals surface area contributed by atoms with Crippen LogP contribution in [0.15, 0.2) is 162 Å². The van der Waals surface area contributed by atoms with E-state index >= 15 is 0 Å². The van der Waals surface area contributed by atoms with Crippen molar-refractivity contribution in [2.75, 3.05) is 10.6 Å². The molecule has 0 heterocycles. The molecule has 0 bridgehead atoms. The van der Waals surface area contributed by atoms with E-state index in [9.17, 15) is 14.4 Å². The van der Waals surface area contributed by atoms with Gasteiger partial charge in [-0.15, -0.1) is 11.8 Å². The Bertz CT molecular complexity index is 2150. The van der Waals surface area contributed by atoms with Crippen molar-refractivity contribution in [1.29, 1.82) is 0 Å². The molecule has 3 amide bonds. The number of amides is 3. The van der Waals surface area contributed by atoms with Gasteiger partial charge in [0.2, 0.25) is 5.91 Å². The summed E-state index contributed by atoms with van der Waals surface area (Å²) in [7, 11) is 0. The lowest BCUT2D eigenvalue weighted by Crippen LogP contribution is -2.30. The van der Waals surface area contributed by atoms with Crippen molar-refractivity contribution >= 4 is 57.7 Å². The van der Waals surface area contributed by atoms with Crippen molar-refractivity contribution in [3.05, 3.63) is 180 Å². The largest absolute Gasteiger partial charge is 0.325 e. The van der Waals surface area contributed by atoms with Gasteiger partial charge in [-0.05, 0) is 81.9 Å². The summed E-state index contributed by atoms with van der Waals surface area (Å²) in [5, 5.41) is 10.4. The minimum Gasteiger partial charge on any atom is -0.325 e. The molecule has 0 saturated heterocycles. The third-order valence-electron chi connectivity index (χ3n) is 8.15. The number of fused-ring (bicyclic) bond motifs is 1. The fourth-order valence-corrected chi connectivity index (χ4v) is 6.53. The Labute approximate surface area is 296 Å². The highest BCUT2D eigenvalue weighted by Crippen LogP contribution is 2.37. The number of hydrogen-bond donors (Lipinski definition) is 3. The molecule has 0 spiro atoms. The minimum atomic E-state index is -0.567. The molecule has 6 aromatic rings. The van der Waals surface area contributed by atoms with Gasteiger partial charge in [0.05, 0.1) is 0 Å². The van der Waals surface area contributed by atoms with Crippen molar-refractivity contribution in [2.45, 2.75) is 29.9 Å².